The summed E-state index contributed by atoms with van der Waals surface area (Å²) >= 11 is 0. The van der Waals surface area contributed by atoms with Gasteiger partial charge in [0.05, 0.1) is 39.1 Å². The molecule has 0 atom stereocenters. The van der Waals surface area contributed by atoms with Crippen LogP contribution in [0.25, 0.3) is 0 Å². The summed E-state index contributed by atoms with van der Waals surface area (Å²) in [5, 5.41) is 8.47. The molecule has 5 heteroatoms. The Bertz CT molecular complexity index is 644. The number of ether oxygens (including phenoxy) is 2. The van der Waals surface area contributed by atoms with E-state index in [0.717, 1.165) is 33.9 Å². The number of rotatable bonds is 8. The van der Waals surface area contributed by atoms with Crippen molar-refractivity contribution in [1.29, 1.82) is 0 Å². The first-order chi connectivity index (χ1) is 11.5. The molecule has 0 bridgehead atoms. The van der Waals surface area contributed by atoms with Crippen LogP contribution in [0.5, 0.6) is 11.5 Å². The first-order valence-electron chi connectivity index (χ1n) is 8.14. The van der Waals surface area contributed by atoms with Crippen LogP contribution in [0.3, 0.4) is 0 Å². The molecule has 2 aromatic carbocycles. The minimum absolute atomic E-state index is 0.657. The third-order valence-electron chi connectivity index (χ3n) is 3.30. The average molecular weight is 328 g/mol. The van der Waals surface area contributed by atoms with Gasteiger partial charge in [-0.05, 0) is 55.5 Å². The van der Waals surface area contributed by atoms with E-state index < -0.39 is 0 Å². The number of quaternary nitrogens is 1. The molecule has 2 rings (SSSR count). The second kappa shape index (κ2) is 8.45. The number of hydrogen-bond acceptors (Lipinski definition) is 4. The summed E-state index contributed by atoms with van der Waals surface area (Å²) in [6.45, 7) is 4.27. The Hall–Kier alpha value is -2.40. The average Bonchev–Trinajstić information content (AvgIpc) is 2.55. The predicted molar refractivity (Wildman–Crippen MR) is 96.6 cm³/mol. The van der Waals surface area contributed by atoms with Crippen molar-refractivity contribution < 1.29 is 14.0 Å². The molecule has 0 spiro atoms. The second-order valence-corrected chi connectivity index (χ2v) is 6.48. The molecular weight excluding hydrogens is 302 g/mol. The third kappa shape index (κ3) is 6.38. The third-order valence-corrected chi connectivity index (χ3v) is 3.30. The lowest BCUT2D eigenvalue weighted by Gasteiger charge is -2.23. The fourth-order valence-corrected chi connectivity index (χ4v) is 1.94. The fourth-order valence-electron chi connectivity index (χ4n) is 1.94. The monoisotopic (exact) mass is 328 g/mol. The van der Waals surface area contributed by atoms with Crippen LogP contribution in [0.2, 0.25) is 0 Å². The van der Waals surface area contributed by atoms with Crippen molar-refractivity contribution in [3.8, 4) is 11.5 Å². The van der Waals surface area contributed by atoms with E-state index in [9.17, 15) is 0 Å². The van der Waals surface area contributed by atoms with Crippen LogP contribution >= 0.6 is 0 Å². The molecule has 5 nitrogen and oxygen atoms in total. The van der Waals surface area contributed by atoms with E-state index >= 15 is 0 Å². The quantitative estimate of drug-likeness (QED) is 0.525. The Morgan fingerprint density at radius 3 is 1.62 bits per heavy atom. The van der Waals surface area contributed by atoms with Crippen LogP contribution in [0.1, 0.15) is 6.92 Å². The van der Waals surface area contributed by atoms with Gasteiger partial charge in [-0.25, -0.2) is 0 Å². The van der Waals surface area contributed by atoms with E-state index in [0.29, 0.717) is 13.2 Å². The van der Waals surface area contributed by atoms with E-state index in [1.165, 1.54) is 0 Å². The Balaban J connectivity index is 1.88. The molecule has 0 saturated carbocycles. The van der Waals surface area contributed by atoms with E-state index in [-0.39, 0.29) is 0 Å². The van der Waals surface area contributed by atoms with Crippen LogP contribution in [0.15, 0.2) is 58.8 Å². The lowest BCUT2D eigenvalue weighted by Crippen LogP contribution is -2.38. The summed E-state index contributed by atoms with van der Waals surface area (Å²) in [4.78, 5) is 0. The standard InChI is InChI=1S/C19H26N3O2/c1-5-23-18-10-6-16(7-11-18)20-21-17-8-12-19(13-9-17)24-15-14-22(2,3)4/h6-13H,5,14-15H2,1-4H3/q+1. The zero-order valence-electron chi connectivity index (χ0n) is 14.9. The molecule has 0 heterocycles. The largest absolute Gasteiger partial charge is 0.494 e. The minimum Gasteiger partial charge on any atom is -0.494 e. The molecule has 0 aliphatic heterocycles. The number of benzene rings is 2. The van der Waals surface area contributed by atoms with E-state index in [1.54, 1.807) is 0 Å². The number of azo groups is 1. The highest BCUT2D eigenvalue weighted by Crippen LogP contribution is 2.23. The van der Waals surface area contributed by atoms with Crippen molar-refractivity contribution in [3.63, 3.8) is 0 Å². The lowest BCUT2D eigenvalue weighted by atomic mass is 10.3. The fraction of sp³-hybridized carbons (Fsp3) is 0.368. The number of nitrogens with zero attached hydrogens (tertiary/aromatic N) is 3. The van der Waals surface area contributed by atoms with Crippen molar-refractivity contribution in [3.05, 3.63) is 48.5 Å². The molecule has 128 valence electrons. The van der Waals surface area contributed by atoms with Gasteiger partial charge < -0.3 is 14.0 Å². The molecule has 2 aromatic rings. The molecule has 0 N–H and O–H groups in total. The van der Waals surface area contributed by atoms with Gasteiger partial charge in [0.25, 0.3) is 0 Å². The smallest absolute Gasteiger partial charge is 0.137 e. The SMILES string of the molecule is CCOc1ccc(N=Nc2ccc(OCC[N+](C)(C)C)cc2)cc1. The molecular formula is C19H26N3O2+. The minimum atomic E-state index is 0.657. The summed E-state index contributed by atoms with van der Waals surface area (Å²) < 4.78 is 12.0. The van der Waals surface area contributed by atoms with Crippen LogP contribution in [-0.4, -0.2) is 45.4 Å². The van der Waals surface area contributed by atoms with Crippen LogP contribution in [-0.2, 0) is 0 Å². The molecule has 0 radical (unpaired) electrons. The van der Waals surface area contributed by atoms with Crippen molar-refractivity contribution in [2.24, 2.45) is 10.2 Å². The Morgan fingerprint density at radius 2 is 1.21 bits per heavy atom. The van der Waals surface area contributed by atoms with Gasteiger partial charge in [0.1, 0.15) is 24.7 Å². The van der Waals surface area contributed by atoms with Crippen LogP contribution < -0.4 is 9.47 Å². The van der Waals surface area contributed by atoms with Gasteiger partial charge in [-0.1, -0.05) is 0 Å². The zero-order chi connectivity index (χ0) is 17.4. The van der Waals surface area contributed by atoms with E-state index in [2.05, 4.69) is 31.4 Å². The van der Waals surface area contributed by atoms with Gasteiger partial charge in [-0.3, -0.25) is 0 Å². The summed E-state index contributed by atoms with van der Waals surface area (Å²) in [5.41, 5.74) is 1.59. The molecule has 0 amide bonds. The maximum absolute atomic E-state index is 5.73. The Kier molecular flexibility index (Phi) is 6.32. The Morgan fingerprint density at radius 1 is 0.750 bits per heavy atom. The molecule has 0 saturated heterocycles. The number of likely N-dealkylation sites (N-methyl/N-ethyl adjacent to an activating group) is 1. The topological polar surface area (TPSA) is 43.2 Å². The van der Waals surface area contributed by atoms with Crippen molar-refractivity contribution in [1.82, 2.24) is 0 Å². The maximum Gasteiger partial charge on any atom is 0.137 e. The summed E-state index contributed by atoms with van der Waals surface area (Å²) in [5.74, 6) is 1.69. The van der Waals surface area contributed by atoms with E-state index in [4.69, 9.17) is 9.47 Å². The van der Waals surface area contributed by atoms with Gasteiger partial charge >= 0.3 is 0 Å². The predicted octanol–water partition coefficient (Wildman–Crippen LogP) is 4.59. The molecule has 0 aliphatic rings. The lowest BCUT2D eigenvalue weighted by molar-refractivity contribution is -0.870. The van der Waals surface area contributed by atoms with Crippen molar-refractivity contribution >= 4 is 11.4 Å². The summed E-state index contributed by atoms with van der Waals surface area (Å²) in [6, 6.07) is 15.2. The number of hydrogen-bond donors (Lipinski definition) is 0. The zero-order valence-corrected chi connectivity index (χ0v) is 14.9. The first kappa shape index (κ1) is 17.9. The van der Waals surface area contributed by atoms with Crippen LogP contribution in [0.4, 0.5) is 11.4 Å². The maximum atomic E-state index is 5.73. The molecule has 0 unspecified atom stereocenters. The summed E-state index contributed by atoms with van der Waals surface area (Å²) in [6.07, 6.45) is 0. The van der Waals surface area contributed by atoms with Crippen molar-refractivity contribution in [2.75, 3.05) is 40.9 Å². The van der Waals surface area contributed by atoms with Gasteiger partial charge in [0.15, 0.2) is 0 Å². The molecule has 0 aliphatic carbocycles. The molecule has 24 heavy (non-hydrogen) atoms. The van der Waals surface area contributed by atoms with Gasteiger partial charge in [-0.15, -0.1) is 0 Å². The molecule has 0 fully saturated rings. The highest BCUT2D eigenvalue weighted by Gasteiger charge is 2.06. The van der Waals surface area contributed by atoms with Gasteiger partial charge in [0.2, 0.25) is 0 Å². The highest BCUT2D eigenvalue weighted by atomic mass is 16.5. The van der Waals surface area contributed by atoms with E-state index in [1.807, 2.05) is 55.5 Å². The van der Waals surface area contributed by atoms with Crippen molar-refractivity contribution in [2.45, 2.75) is 6.92 Å². The summed E-state index contributed by atoms with van der Waals surface area (Å²) in [7, 11) is 6.44. The van der Waals surface area contributed by atoms with Gasteiger partial charge in [0, 0.05) is 0 Å². The highest BCUT2D eigenvalue weighted by molar-refractivity contribution is 5.44. The normalized spacial score (nSPS) is 11.7. The van der Waals surface area contributed by atoms with Gasteiger partial charge in [-0.2, -0.15) is 10.2 Å². The molecule has 0 aromatic heterocycles. The second-order valence-electron chi connectivity index (χ2n) is 6.48. The van der Waals surface area contributed by atoms with Crippen LogP contribution in [0, 0.1) is 0 Å². The Labute approximate surface area is 144 Å². The first-order valence-corrected chi connectivity index (χ1v) is 8.14.